The van der Waals surface area contributed by atoms with Gasteiger partial charge in [0.15, 0.2) is 11.5 Å². The van der Waals surface area contributed by atoms with E-state index < -0.39 is 0 Å². The zero-order valence-electron chi connectivity index (χ0n) is 16.5. The fraction of sp³-hybridized carbons (Fsp3) is 0.174. The molecule has 0 spiro atoms. The number of phenolic OH excluding ortho intramolecular Hbond substituents is 2. The average Bonchev–Trinajstić information content (AvgIpc) is 3.21. The third-order valence-electron chi connectivity index (χ3n) is 5.10. The molecule has 30 heavy (non-hydrogen) atoms. The van der Waals surface area contributed by atoms with Gasteiger partial charge in [0.2, 0.25) is 0 Å². The molecule has 0 radical (unpaired) electrons. The van der Waals surface area contributed by atoms with E-state index in [1.807, 2.05) is 18.2 Å². The van der Waals surface area contributed by atoms with E-state index in [0.717, 1.165) is 16.8 Å². The molecule has 3 aromatic rings. The number of aromatic hydroxyl groups is 2. The summed E-state index contributed by atoms with van der Waals surface area (Å²) in [6, 6.07) is 16.0. The number of ether oxygens (including phenoxy) is 2. The summed E-state index contributed by atoms with van der Waals surface area (Å²) in [4.78, 5) is 0. The van der Waals surface area contributed by atoms with Crippen LogP contribution in [0.15, 0.2) is 65.8 Å². The van der Waals surface area contributed by atoms with Gasteiger partial charge in [-0.15, -0.1) is 0 Å². The van der Waals surface area contributed by atoms with E-state index in [1.165, 1.54) is 24.3 Å². The van der Waals surface area contributed by atoms with Gasteiger partial charge in [0, 0.05) is 12.0 Å². The number of anilines is 1. The highest BCUT2D eigenvalue weighted by Crippen LogP contribution is 2.40. The number of hydrazone groups is 1. The van der Waals surface area contributed by atoms with Crippen LogP contribution >= 0.6 is 0 Å². The molecule has 1 unspecified atom stereocenters. The molecular formula is C23H21FN2O4. The van der Waals surface area contributed by atoms with Crippen LogP contribution in [0.5, 0.6) is 23.0 Å². The van der Waals surface area contributed by atoms with E-state index in [4.69, 9.17) is 14.6 Å². The summed E-state index contributed by atoms with van der Waals surface area (Å²) in [7, 11) is 3.18. The molecule has 0 aromatic heterocycles. The van der Waals surface area contributed by atoms with Crippen molar-refractivity contribution in [2.75, 3.05) is 19.2 Å². The molecule has 0 saturated heterocycles. The summed E-state index contributed by atoms with van der Waals surface area (Å²) >= 11 is 0. The first-order valence-corrected chi connectivity index (χ1v) is 9.36. The van der Waals surface area contributed by atoms with E-state index >= 15 is 0 Å². The topological polar surface area (TPSA) is 74.5 Å². The fourth-order valence-electron chi connectivity index (χ4n) is 3.55. The lowest BCUT2D eigenvalue weighted by Crippen LogP contribution is -2.18. The number of methoxy groups -OCH3 is 2. The fourth-order valence-corrected chi connectivity index (χ4v) is 3.55. The summed E-state index contributed by atoms with van der Waals surface area (Å²) in [5.74, 6) is 0.588. The SMILES string of the molecule is COc1ccc(OC)c(C2=NN(c3ccc(F)cc3)C(c3ccc(O)c(O)c3)C2)c1. The second kappa shape index (κ2) is 7.94. The molecule has 0 amide bonds. The minimum absolute atomic E-state index is 0.194. The molecular weight excluding hydrogens is 387 g/mol. The van der Waals surface area contributed by atoms with Crippen LogP contribution in [0, 0.1) is 5.82 Å². The number of phenols is 2. The number of nitrogens with zero attached hydrogens (tertiary/aromatic N) is 2. The smallest absolute Gasteiger partial charge is 0.157 e. The third kappa shape index (κ3) is 3.61. The van der Waals surface area contributed by atoms with Crippen molar-refractivity contribution in [3.05, 3.63) is 77.6 Å². The third-order valence-corrected chi connectivity index (χ3v) is 5.10. The number of hydrogen-bond donors (Lipinski definition) is 2. The van der Waals surface area contributed by atoms with Gasteiger partial charge in [-0.1, -0.05) is 6.07 Å². The van der Waals surface area contributed by atoms with Gasteiger partial charge in [0.05, 0.1) is 31.7 Å². The molecule has 2 N–H and O–H groups in total. The van der Waals surface area contributed by atoms with Gasteiger partial charge in [-0.05, 0) is 60.2 Å². The Morgan fingerprint density at radius 1 is 0.933 bits per heavy atom. The Morgan fingerprint density at radius 3 is 2.37 bits per heavy atom. The maximum atomic E-state index is 13.5. The van der Waals surface area contributed by atoms with Gasteiger partial charge < -0.3 is 19.7 Å². The van der Waals surface area contributed by atoms with Gasteiger partial charge >= 0.3 is 0 Å². The van der Waals surface area contributed by atoms with Crippen molar-refractivity contribution in [3.63, 3.8) is 0 Å². The second-order valence-corrected chi connectivity index (χ2v) is 6.90. The maximum Gasteiger partial charge on any atom is 0.157 e. The molecule has 0 aliphatic carbocycles. The molecule has 0 fully saturated rings. The highest BCUT2D eigenvalue weighted by atomic mass is 19.1. The minimum atomic E-state index is -0.338. The molecule has 1 heterocycles. The molecule has 7 heteroatoms. The number of rotatable bonds is 5. The zero-order valence-corrected chi connectivity index (χ0v) is 16.5. The van der Waals surface area contributed by atoms with Crippen molar-refractivity contribution in [1.82, 2.24) is 0 Å². The van der Waals surface area contributed by atoms with Crippen LogP contribution in [0.4, 0.5) is 10.1 Å². The first-order valence-electron chi connectivity index (χ1n) is 9.36. The Kier molecular flexibility index (Phi) is 5.18. The van der Waals surface area contributed by atoms with Crippen molar-refractivity contribution in [1.29, 1.82) is 0 Å². The first-order chi connectivity index (χ1) is 14.5. The van der Waals surface area contributed by atoms with Gasteiger partial charge in [-0.2, -0.15) is 5.10 Å². The summed E-state index contributed by atoms with van der Waals surface area (Å²) in [5, 5.41) is 26.3. The first kappa shape index (κ1) is 19.6. The van der Waals surface area contributed by atoms with Crippen LogP contribution < -0.4 is 14.5 Å². The van der Waals surface area contributed by atoms with Gasteiger partial charge in [-0.25, -0.2) is 4.39 Å². The van der Waals surface area contributed by atoms with E-state index in [2.05, 4.69) is 0 Å². The molecule has 0 saturated carbocycles. The average molecular weight is 408 g/mol. The molecule has 3 aromatic carbocycles. The van der Waals surface area contributed by atoms with Crippen molar-refractivity contribution in [2.45, 2.75) is 12.5 Å². The molecule has 0 bridgehead atoms. The molecule has 4 rings (SSSR count). The quantitative estimate of drug-likeness (QED) is 0.603. The molecule has 6 nitrogen and oxygen atoms in total. The van der Waals surface area contributed by atoms with E-state index in [9.17, 15) is 14.6 Å². The minimum Gasteiger partial charge on any atom is -0.504 e. The predicted octanol–water partition coefficient (Wildman–Crippen LogP) is 4.61. The molecule has 1 aliphatic rings. The van der Waals surface area contributed by atoms with E-state index in [1.54, 1.807) is 37.4 Å². The van der Waals surface area contributed by atoms with Gasteiger partial charge in [0.25, 0.3) is 0 Å². The highest BCUT2D eigenvalue weighted by Gasteiger charge is 2.32. The van der Waals surface area contributed by atoms with Crippen LogP contribution in [0.25, 0.3) is 0 Å². The van der Waals surface area contributed by atoms with Crippen molar-refractivity contribution in [2.24, 2.45) is 5.10 Å². The van der Waals surface area contributed by atoms with Gasteiger partial charge in [0.1, 0.15) is 17.3 Å². The Balaban J connectivity index is 1.80. The van der Waals surface area contributed by atoms with Crippen LogP contribution in [0.3, 0.4) is 0 Å². The second-order valence-electron chi connectivity index (χ2n) is 6.90. The van der Waals surface area contributed by atoms with Gasteiger partial charge in [-0.3, -0.25) is 5.01 Å². The van der Waals surface area contributed by atoms with E-state index in [0.29, 0.717) is 23.6 Å². The molecule has 1 aliphatic heterocycles. The summed E-state index contributed by atoms with van der Waals surface area (Å²) in [5.41, 5.74) is 3.00. The molecule has 1 atom stereocenters. The van der Waals surface area contributed by atoms with Crippen molar-refractivity contribution < 1.29 is 24.1 Å². The number of halogens is 1. The lowest BCUT2D eigenvalue weighted by molar-refractivity contribution is 0.402. The summed E-state index contributed by atoms with van der Waals surface area (Å²) in [6.07, 6.45) is 0.505. The van der Waals surface area contributed by atoms with Crippen molar-refractivity contribution >= 4 is 11.4 Å². The Bertz CT molecular complexity index is 1100. The summed E-state index contributed by atoms with van der Waals surface area (Å²) in [6.45, 7) is 0. The summed E-state index contributed by atoms with van der Waals surface area (Å²) < 4.78 is 24.3. The Labute approximate surface area is 173 Å². The lowest BCUT2D eigenvalue weighted by Gasteiger charge is -2.24. The number of hydrogen-bond acceptors (Lipinski definition) is 6. The normalized spacial score (nSPS) is 15.8. The van der Waals surface area contributed by atoms with Crippen molar-refractivity contribution in [3.8, 4) is 23.0 Å². The predicted molar refractivity (Wildman–Crippen MR) is 112 cm³/mol. The monoisotopic (exact) mass is 408 g/mol. The van der Waals surface area contributed by atoms with Crippen LogP contribution in [-0.2, 0) is 0 Å². The zero-order chi connectivity index (χ0) is 21.3. The standard InChI is InChI=1S/C23H21FN2O4/c1-29-17-8-10-23(30-2)18(12-17)19-13-20(14-3-9-21(27)22(28)11-14)26(25-19)16-6-4-15(24)5-7-16/h3-12,20,27-28H,13H2,1-2H3. The maximum absolute atomic E-state index is 13.5. The lowest BCUT2D eigenvalue weighted by atomic mass is 9.97. The van der Waals surface area contributed by atoms with Crippen LogP contribution in [0.2, 0.25) is 0 Å². The van der Waals surface area contributed by atoms with Crippen LogP contribution in [0.1, 0.15) is 23.6 Å². The Hall–Kier alpha value is -3.74. The highest BCUT2D eigenvalue weighted by molar-refractivity contribution is 6.05. The molecule has 154 valence electrons. The number of benzene rings is 3. The largest absolute Gasteiger partial charge is 0.504 e. The van der Waals surface area contributed by atoms with Crippen LogP contribution in [-0.4, -0.2) is 30.1 Å². The Morgan fingerprint density at radius 2 is 1.70 bits per heavy atom. The van der Waals surface area contributed by atoms with E-state index in [-0.39, 0.29) is 23.4 Å².